The molecule has 0 fully saturated rings. The van der Waals surface area contributed by atoms with Crippen LogP contribution in [0, 0.1) is 5.21 Å². The minimum absolute atomic E-state index is 0.0552. The van der Waals surface area contributed by atoms with Crippen molar-refractivity contribution in [1.82, 2.24) is 4.98 Å². The summed E-state index contributed by atoms with van der Waals surface area (Å²) in [7, 11) is -3.34. The maximum atomic E-state index is 12.4. The van der Waals surface area contributed by atoms with Crippen molar-refractivity contribution in [2.24, 2.45) is 0 Å². The van der Waals surface area contributed by atoms with Crippen LogP contribution in [0.1, 0.15) is 5.56 Å². The molecule has 0 bridgehead atoms. The van der Waals surface area contributed by atoms with E-state index in [9.17, 15) is 13.6 Å². The Kier molecular flexibility index (Phi) is 3.14. The van der Waals surface area contributed by atoms with Crippen LogP contribution in [0.25, 0.3) is 21.9 Å². The van der Waals surface area contributed by atoms with Crippen LogP contribution in [0.3, 0.4) is 0 Å². The molecule has 3 aromatic heterocycles. The number of aromatic amines is 1. The average Bonchev–Trinajstić information content (AvgIpc) is 3.15. The van der Waals surface area contributed by atoms with E-state index in [0.717, 1.165) is 21.0 Å². The lowest BCUT2D eigenvalue weighted by Gasteiger charge is -2.02. The molecule has 0 unspecified atom stereocenters. The van der Waals surface area contributed by atoms with Gasteiger partial charge in [0.2, 0.25) is 0 Å². The van der Waals surface area contributed by atoms with Crippen LogP contribution in [-0.2, 0) is 15.6 Å². The number of hydrogen-bond donors (Lipinski definition) is 1. The molecule has 0 amide bonds. The van der Waals surface area contributed by atoms with Crippen molar-refractivity contribution in [1.29, 1.82) is 0 Å². The minimum atomic E-state index is -3.34. The summed E-state index contributed by atoms with van der Waals surface area (Å²) in [4.78, 5) is 3.07. The second kappa shape index (κ2) is 5.07. The van der Waals surface area contributed by atoms with E-state index in [1.165, 1.54) is 17.5 Å². The molecular formula is C16H12N2O3S2. The highest BCUT2D eigenvalue weighted by Gasteiger charge is 2.18. The summed E-state index contributed by atoms with van der Waals surface area (Å²) in [6, 6.07) is 12.3. The Labute approximate surface area is 136 Å². The first-order valence-corrected chi connectivity index (χ1v) is 9.46. The highest BCUT2D eigenvalue weighted by Crippen LogP contribution is 2.27. The van der Waals surface area contributed by atoms with E-state index < -0.39 is 9.84 Å². The Morgan fingerprint density at radius 1 is 1.13 bits per heavy atom. The summed E-state index contributed by atoms with van der Waals surface area (Å²) in [5, 5.41) is 15.2. The molecule has 0 aliphatic rings. The minimum Gasteiger partial charge on any atom is -0.711 e. The largest absolute Gasteiger partial charge is 0.711 e. The van der Waals surface area contributed by atoms with E-state index in [1.807, 2.05) is 18.2 Å². The van der Waals surface area contributed by atoms with Gasteiger partial charge in [-0.25, -0.2) is 18.1 Å². The lowest BCUT2D eigenvalue weighted by Crippen LogP contribution is -2.25. The summed E-state index contributed by atoms with van der Waals surface area (Å²) in [6.07, 6.45) is 1.43. The summed E-state index contributed by atoms with van der Waals surface area (Å²) < 4.78 is 26.0. The predicted molar refractivity (Wildman–Crippen MR) is 90.0 cm³/mol. The third-order valence-electron chi connectivity index (χ3n) is 3.75. The number of benzene rings is 1. The van der Waals surface area contributed by atoms with Crippen LogP contribution in [0.2, 0.25) is 0 Å². The number of thiophene rings is 1. The lowest BCUT2D eigenvalue weighted by atomic mass is 10.1. The fraction of sp³-hybridized carbons (Fsp3) is 0.0625. The van der Waals surface area contributed by atoms with Crippen molar-refractivity contribution in [3.8, 4) is 0 Å². The van der Waals surface area contributed by atoms with Gasteiger partial charge in [0.05, 0.1) is 17.3 Å². The van der Waals surface area contributed by atoms with Gasteiger partial charge in [0.1, 0.15) is 9.73 Å². The van der Waals surface area contributed by atoms with Crippen molar-refractivity contribution < 1.29 is 13.1 Å². The van der Waals surface area contributed by atoms with E-state index >= 15 is 0 Å². The molecule has 0 radical (unpaired) electrons. The maximum Gasteiger partial charge on any atom is 0.290 e. The van der Waals surface area contributed by atoms with E-state index in [-0.39, 0.29) is 5.75 Å². The molecule has 5 nitrogen and oxygen atoms in total. The number of pyridine rings is 1. The van der Waals surface area contributed by atoms with Gasteiger partial charge in [0.25, 0.3) is 5.65 Å². The number of nitrogens with zero attached hydrogens (tertiary/aromatic N) is 1. The Morgan fingerprint density at radius 3 is 2.78 bits per heavy atom. The number of aromatic nitrogens is 2. The summed E-state index contributed by atoms with van der Waals surface area (Å²) >= 11 is 1.22. The second-order valence-corrected chi connectivity index (χ2v) is 8.46. The fourth-order valence-corrected chi connectivity index (χ4v) is 5.13. The molecular weight excluding hydrogens is 332 g/mol. The molecule has 23 heavy (non-hydrogen) atoms. The van der Waals surface area contributed by atoms with E-state index in [0.29, 0.717) is 15.4 Å². The first-order valence-electron chi connectivity index (χ1n) is 6.93. The van der Waals surface area contributed by atoms with E-state index in [2.05, 4.69) is 4.98 Å². The van der Waals surface area contributed by atoms with Gasteiger partial charge in [0, 0.05) is 5.39 Å². The summed E-state index contributed by atoms with van der Waals surface area (Å²) in [5.41, 5.74) is 1.99. The van der Waals surface area contributed by atoms with Crippen LogP contribution >= 0.6 is 11.3 Å². The number of rotatable bonds is 3. The van der Waals surface area contributed by atoms with Gasteiger partial charge in [-0.15, -0.1) is 11.3 Å². The fourth-order valence-electron chi connectivity index (χ4n) is 2.70. The van der Waals surface area contributed by atoms with Crippen molar-refractivity contribution in [2.45, 2.75) is 9.96 Å². The van der Waals surface area contributed by atoms with Crippen molar-refractivity contribution in [3.05, 3.63) is 64.8 Å². The molecule has 0 aliphatic carbocycles. The number of sulfone groups is 1. The molecule has 1 N–H and O–H groups in total. The molecule has 0 spiro atoms. The van der Waals surface area contributed by atoms with Crippen LogP contribution in [0.4, 0.5) is 0 Å². The molecule has 0 saturated heterocycles. The van der Waals surface area contributed by atoms with Gasteiger partial charge in [-0.2, -0.15) is 0 Å². The molecule has 1 aromatic carbocycles. The van der Waals surface area contributed by atoms with Crippen molar-refractivity contribution in [3.63, 3.8) is 0 Å². The van der Waals surface area contributed by atoms with Gasteiger partial charge in [-0.05, 0) is 41.3 Å². The summed E-state index contributed by atoms with van der Waals surface area (Å²) in [6.45, 7) is 0. The van der Waals surface area contributed by atoms with Crippen molar-refractivity contribution >= 4 is 43.1 Å². The van der Waals surface area contributed by atoms with Gasteiger partial charge in [0.15, 0.2) is 9.84 Å². The van der Waals surface area contributed by atoms with Crippen molar-refractivity contribution in [2.75, 3.05) is 0 Å². The molecule has 116 valence electrons. The topological polar surface area (TPSA) is 76.9 Å². The highest BCUT2D eigenvalue weighted by molar-refractivity contribution is 7.92. The van der Waals surface area contributed by atoms with E-state index in [4.69, 9.17) is 0 Å². The Morgan fingerprint density at radius 2 is 2.00 bits per heavy atom. The smallest absolute Gasteiger partial charge is 0.290 e. The molecule has 0 atom stereocenters. The monoisotopic (exact) mass is 344 g/mol. The molecule has 4 aromatic rings. The Balaban J connectivity index is 1.83. The number of H-pyrrole nitrogens is 1. The van der Waals surface area contributed by atoms with Crippen LogP contribution < -0.4 is 4.73 Å². The standard InChI is InChI=1S/C16H12N2O3S2/c19-18-7-1-3-12-13-9-11(5-6-14(13)17-16(12)18)10-23(20,21)15-4-2-8-22-15/h1-9,17H,10H2. The Hall–Kier alpha value is -2.38. The molecule has 7 heteroatoms. The van der Waals surface area contributed by atoms with Gasteiger partial charge in [-0.3, -0.25) is 0 Å². The maximum absolute atomic E-state index is 12.4. The summed E-state index contributed by atoms with van der Waals surface area (Å²) in [5.74, 6) is -0.0552. The SMILES string of the molecule is O=S(=O)(Cc1ccc2[nH]c3c(ccc[n+]3[O-])c2c1)c1cccs1. The quantitative estimate of drug-likeness (QED) is 0.458. The molecule has 0 aliphatic heterocycles. The third kappa shape index (κ3) is 2.38. The lowest BCUT2D eigenvalue weighted by molar-refractivity contribution is -0.578. The molecule has 0 saturated carbocycles. The average molecular weight is 344 g/mol. The highest BCUT2D eigenvalue weighted by atomic mass is 32.2. The number of fused-ring (bicyclic) bond motifs is 3. The zero-order valence-corrected chi connectivity index (χ0v) is 13.5. The van der Waals surface area contributed by atoms with Gasteiger partial charge in [-0.1, -0.05) is 12.1 Å². The molecule has 4 rings (SSSR count). The van der Waals surface area contributed by atoms with Crippen LogP contribution in [0.15, 0.2) is 58.3 Å². The van der Waals surface area contributed by atoms with E-state index in [1.54, 1.807) is 29.6 Å². The molecule has 3 heterocycles. The zero-order valence-electron chi connectivity index (χ0n) is 11.9. The first-order chi connectivity index (χ1) is 11.0. The normalized spacial score (nSPS) is 12.2. The number of nitrogens with one attached hydrogen (secondary N) is 1. The van der Waals surface area contributed by atoms with Gasteiger partial charge < -0.3 is 5.21 Å². The second-order valence-electron chi connectivity index (χ2n) is 5.29. The third-order valence-corrected chi connectivity index (χ3v) is 6.92. The Bertz CT molecular complexity index is 1110. The predicted octanol–water partition coefficient (Wildman–Crippen LogP) is 2.99. The van der Waals surface area contributed by atoms with Crippen LogP contribution in [-0.4, -0.2) is 13.4 Å². The first kappa shape index (κ1) is 14.2. The van der Waals surface area contributed by atoms with Crippen LogP contribution in [0.5, 0.6) is 0 Å². The van der Waals surface area contributed by atoms with Gasteiger partial charge >= 0.3 is 0 Å². The number of hydrogen-bond acceptors (Lipinski definition) is 4. The zero-order chi connectivity index (χ0) is 16.0.